The van der Waals surface area contributed by atoms with E-state index in [4.69, 9.17) is 4.74 Å². The third kappa shape index (κ3) is 2.37. The predicted octanol–water partition coefficient (Wildman–Crippen LogP) is 2.93. The summed E-state index contributed by atoms with van der Waals surface area (Å²) in [5.74, 6) is 1.54. The first-order valence-corrected chi connectivity index (χ1v) is 7.33. The molecule has 0 saturated heterocycles. The van der Waals surface area contributed by atoms with E-state index in [0.29, 0.717) is 5.75 Å². The largest absolute Gasteiger partial charge is 0.611 e. The summed E-state index contributed by atoms with van der Waals surface area (Å²) < 4.78 is 17.7. The molecule has 1 aliphatic rings. The second-order valence-corrected chi connectivity index (χ2v) is 5.79. The standard InChI is InChI=1S/C15H14O2S/c16-18(14-4-2-1-3-5-14)11-12-6-7-15-13(10-12)8-9-17-15/h1-7,10H,8-9,11H2. The maximum absolute atomic E-state index is 12.2. The summed E-state index contributed by atoms with van der Waals surface area (Å²) in [4.78, 5) is 0.884. The lowest BCUT2D eigenvalue weighted by molar-refractivity contribution is 0.357. The lowest BCUT2D eigenvalue weighted by Crippen LogP contribution is -2.04. The van der Waals surface area contributed by atoms with Crippen molar-refractivity contribution in [2.45, 2.75) is 17.1 Å². The summed E-state index contributed by atoms with van der Waals surface area (Å²) in [6.07, 6.45) is 0.959. The molecule has 0 saturated carbocycles. The molecule has 1 heterocycles. The fraction of sp³-hybridized carbons (Fsp3) is 0.200. The van der Waals surface area contributed by atoms with Crippen LogP contribution in [-0.4, -0.2) is 11.2 Å². The number of benzene rings is 2. The van der Waals surface area contributed by atoms with Gasteiger partial charge in [-0.1, -0.05) is 24.3 Å². The van der Waals surface area contributed by atoms with E-state index in [9.17, 15) is 4.55 Å². The Bertz CT molecular complexity index is 539. The van der Waals surface area contributed by atoms with Gasteiger partial charge in [0, 0.05) is 12.0 Å². The van der Waals surface area contributed by atoms with Crippen molar-refractivity contribution in [3.63, 3.8) is 0 Å². The van der Waals surface area contributed by atoms with E-state index in [1.807, 2.05) is 42.5 Å². The zero-order valence-electron chi connectivity index (χ0n) is 9.96. The minimum absolute atomic E-state index is 0.567. The zero-order chi connectivity index (χ0) is 12.4. The maximum Gasteiger partial charge on any atom is 0.153 e. The van der Waals surface area contributed by atoms with Crippen molar-refractivity contribution < 1.29 is 9.29 Å². The van der Waals surface area contributed by atoms with Gasteiger partial charge in [0.1, 0.15) is 11.5 Å². The highest BCUT2D eigenvalue weighted by Gasteiger charge is 2.15. The van der Waals surface area contributed by atoms with E-state index < -0.39 is 11.2 Å². The van der Waals surface area contributed by atoms with Crippen LogP contribution in [0.15, 0.2) is 53.4 Å². The molecule has 2 aromatic rings. The molecule has 0 spiro atoms. The fourth-order valence-electron chi connectivity index (χ4n) is 2.14. The Kier molecular flexibility index (Phi) is 3.26. The topological polar surface area (TPSA) is 32.3 Å². The molecule has 0 N–H and O–H groups in total. The molecule has 1 aliphatic heterocycles. The molecule has 92 valence electrons. The minimum atomic E-state index is -0.972. The second-order valence-electron chi connectivity index (χ2n) is 4.34. The van der Waals surface area contributed by atoms with E-state index in [-0.39, 0.29) is 0 Å². The first kappa shape index (κ1) is 11.6. The van der Waals surface area contributed by atoms with Crippen molar-refractivity contribution in [2.75, 3.05) is 6.61 Å². The van der Waals surface area contributed by atoms with Gasteiger partial charge >= 0.3 is 0 Å². The number of hydrogen-bond donors (Lipinski definition) is 0. The van der Waals surface area contributed by atoms with E-state index in [2.05, 4.69) is 6.07 Å². The van der Waals surface area contributed by atoms with Gasteiger partial charge < -0.3 is 9.29 Å². The molecule has 0 bridgehead atoms. The van der Waals surface area contributed by atoms with Gasteiger partial charge in [0.05, 0.1) is 6.61 Å². The van der Waals surface area contributed by atoms with Crippen LogP contribution in [0.1, 0.15) is 11.1 Å². The fourth-order valence-corrected chi connectivity index (χ4v) is 3.25. The van der Waals surface area contributed by atoms with Crippen LogP contribution < -0.4 is 4.74 Å². The highest BCUT2D eigenvalue weighted by Crippen LogP contribution is 2.27. The number of fused-ring (bicyclic) bond motifs is 1. The summed E-state index contributed by atoms with van der Waals surface area (Å²) in [5, 5.41) is 0. The molecule has 2 nitrogen and oxygen atoms in total. The van der Waals surface area contributed by atoms with Crippen LogP contribution in [0.25, 0.3) is 0 Å². The zero-order valence-corrected chi connectivity index (χ0v) is 10.8. The second kappa shape index (κ2) is 5.04. The summed E-state index contributed by atoms with van der Waals surface area (Å²) in [6, 6.07) is 15.7. The van der Waals surface area contributed by atoms with Gasteiger partial charge in [-0.25, -0.2) is 0 Å². The normalized spacial score (nSPS) is 14.9. The molecule has 0 aromatic heterocycles. The van der Waals surface area contributed by atoms with Gasteiger partial charge in [-0.05, 0) is 41.0 Å². The summed E-state index contributed by atoms with van der Waals surface area (Å²) in [7, 11) is 0. The Labute approximate surface area is 110 Å². The van der Waals surface area contributed by atoms with Gasteiger partial charge in [-0.15, -0.1) is 0 Å². The van der Waals surface area contributed by atoms with E-state index in [1.54, 1.807) is 0 Å². The number of rotatable bonds is 3. The van der Waals surface area contributed by atoms with Crippen LogP contribution in [0, 0.1) is 0 Å². The van der Waals surface area contributed by atoms with Crippen LogP contribution in [0.3, 0.4) is 0 Å². The van der Waals surface area contributed by atoms with Crippen molar-refractivity contribution in [1.29, 1.82) is 0 Å². The van der Waals surface area contributed by atoms with Gasteiger partial charge in [0.2, 0.25) is 0 Å². The van der Waals surface area contributed by atoms with Crippen molar-refractivity contribution in [3.05, 3.63) is 59.7 Å². The van der Waals surface area contributed by atoms with Crippen molar-refractivity contribution in [1.82, 2.24) is 0 Å². The average Bonchev–Trinajstić information content (AvgIpc) is 2.87. The predicted molar refractivity (Wildman–Crippen MR) is 72.2 cm³/mol. The molecule has 3 heteroatoms. The van der Waals surface area contributed by atoms with Gasteiger partial charge in [0.25, 0.3) is 0 Å². The van der Waals surface area contributed by atoms with E-state index in [0.717, 1.165) is 29.2 Å². The van der Waals surface area contributed by atoms with Gasteiger partial charge in [-0.2, -0.15) is 0 Å². The Morgan fingerprint density at radius 3 is 2.78 bits per heavy atom. The molecule has 0 aliphatic carbocycles. The van der Waals surface area contributed by atoms with Crippen molar-refractivity contribution in [2.24, 2.45) is 0 Å². The lowest BCUT2D eigenvalue weighted by Gasteiger charge is -2.10. The van der Waals surface area contributed by atoms with Crippen LogP contribution in [0.2, 0.25) is 0 Å². The van der Waals surface area contributed by atoms with Crippen molar-refractivity contribution in [3.8, 4) is 5.75 Å². The van der Waals surface area contributed by atoms with Crippen LogP contribution in [-0.2, 0) is 23.3 Å². The van der Waals surface area contributed by atoms with Gasteiger partial charge in [0.15, 0.2) is 4.90 Å². The lowest BCUT2D eigenvalue weighted by atomic mass is 10.1. The summed E-state index contributed by atoms with van der Waals surface area (Å²) >= 11 is -0.972. The molecule has 0 fully saturated rings. The van der Waals surface area contributed by atoms with Crippen LogP contribution in [0.5, 0.6) is 5.75 Å². The molecule has 0 radical (unpaired) electrons. The summed E-state index contributed by atoms with van der Waals surface area (Å²) in [5.41, 5.74) is 2.35. The molecular weight excluding hydrogens is 244 g/mol. The Hall–Kier alpha value is -1.45. The molecular formula is C15H14O2S. The average molecular weight is 258 g/mol. The van der Waals surface area contributed by atoms with Crippen LogP contribution >= 0.6 is 0 Å². The number of hydrogen-bond acceptors (Lipinski definition) is 2. The molecule has 18 heavy (non-hydrogen) atoms. The van der Waals surface area contributed by atoms with Gasteiger partial charge in [-0.3, -0.25) is 0 Å². The molecule has 1 unspecified atom stereocenters. The third-order valence-corrected chi connectivity index (χ3v) is 4.45. The Morgan fingerprint density at radius 2 is 1.94 bits per heavy atom. The Morgan fingerprint density at radius 1 is 1.11 bits per heavy atom. The van der Waals surface area contributed by atoms with Crippen LogP contribution in [0.4, 0.5) is 0 Å². The highest BCUT2D eigenvalue weighted by molar-refractivity contribution is 7.90. The molecule has 0 amide bonds. The SMILES string of the molecule is [O-][S+](Cc1ccc2c(c1)CCO2)c1ccccc1. The molecule has 3 rings (SSSR count). The first-order valence-electron chi connectivity index (χ1n) is 6.01. The third-order valence-electron chi connectivity index (χ3n) is 3.06. The molecule has 2 aromatic carbocycles. The highest BCUT2D eigenvalue weighted by atomic mass is 32.2. The minimum Gasteiger partial charge on any atom is -0.611 e. The van der Waals surface area contributed by atoms with Crippen molar-refractivity contribution >= 4 is 11.2 Å². The van der Waals surface area contributed by atoms with E-state index in [1.165, 1.54) is 5.56 Å². The Balaban J connectivity index is 1.77. The maximum atomic E-state index is 12.2. The van der Waals surface area contributed by atoms with E-state index >= 15 is 0 Å². The first-order chi connectivity index (χ1) is 8.83. The molecule has 1 atom stereocenters. The quantitative estimate of drug-likeness (QED) is 0.793. The summed E-state index contributed by atoms with van der Waals surface area (Å²) in [6.45, 7) is 0.764. The monoisotopic (exact) mass is 258 g/mol. The smallest absolute Gasteiger partial charge is 0.153 e. The number of ether oxygens (including phenoxy) is 1.